The number of nitrogens with one attached hydrogen (secondary N) is 2. The second-order valence-corrected chi connectivity index (χ2v) is 7.49. The summed E-state index contributed by atoms with van der Waals surface area (Å²) in [5, 5.41) is 3.06. The van der Waals surface area contributed by atoms with E-state index in [9.17, 15) is 13.2 Å². The van der Waals surface area contributed by atoms with E-state index >= 15 is 0 Å². The van der Waals surface area contributed by atoms with Crippen molar-refractivity contribution in [3.05, 3.63) is 18.5 Å². The number of amides is 1. The highest BCUT2D eigenvalue weighted by Gasteiger charge is 2.28. The number of anilines is 1. The van der Waals surface area contributed by atoms with Crippen molar-refractivity contribution in [2.75, 3.05) is 11.9 Å². The standard InChI is InChI=1S/C14H23N3O3S/c1-5-6-8-16-11-7-9-15-10-12(11)21(19,20)17-13(18)14(2,3)4/h7,9-10H,5-6,8H2,1-4H3,(H,15,16)(H,17,18). The number of carbonyl (C=O) groups is 1. The first-order chi connectivity index (χ1) is 9.68. The van der Waals surface area contributed by atoms with Crippen molar-refractivity contribution < 1.29 is 13.2 Å². The van der Waals surface area contributed by atoms with Gasteiger partial charge in [0.15, 0.2) is 0 Å². The van der Waals surface area contributed by atoms with Gasteiger partial charge in [-0.05, 0) is 12.5 Å². The zero-order valence-electron chi connectivity index (χ0n) is 12.9. The lowest BCUT2D eigenvalue weighted by atomic mass is 9.96. The minimum Gasteiger partial charge on any atom is -0.384 e. The van der Waals surface area contributed by atoms with E-state index in [-0.39, 0.29) is 4.90 Å². The van der Waals surface area contributed by atoms with E-state index in [0.29, 0.717) is 12.2 Å². The smallest absolute Gasteiger partial charge is 0.267 e. The summed E-state index contributed by atoms with van der Waals surface area (Å²) < 4.78 is 26.8. The molecule has 21 heavy (non-hydrogen) atoms. The zero-order chi connectivity index (χ0) is 16.1. The maximum atomic E-state index is 12.3. The van der Waals surface area contributed by atoms with E-state index < -0.39 is 21.3 Å². The minimum absolute atomic E-state index is 0.0151. The molecule has 0 atom stereocenters. The molecular formula is C14H23N3O3S. The molecule has 0 bridgehead atoms. The molecule has 0 saturated heterocycles. The summed E-state index contributed by atoms with van der Waals surface area (Å²) in [5.74, 6) is -0.550. The van der Waals surface area contributed by atoms with Crippen molar-refractivity contribution >= 4 is 21.6 Å². The van der Waals surface area contributed by atoms with Crippen molar-refractivity contribution in [1.82, 2.24) is 9.71 Å². The third kappa shape index (κ3) is 5.00. The Labute approximate surface area is 126 Å². The topological polar surface area (TPSA) is 88.2 Å². The summed E-state index contributed by atoms with van der Waals surface area (Å²) in [6, 6.07) is 1.59. The zero-order valence-corrected chi connectivity index (χ0v) is 13.8. The predicted octanol–water partition coefficient (Wildman–Crippen LogP) is 2.14. The molecule has 0 saturated carbocycles. The first-order valence-corrected chi connectivity index (χ1v) is 8.42. The fourth-order valence-electron chi connectivity index (χ4n) is 1.47. The van der Waals surface area contributed by atoms with Crippen LogP contribution in [0.1, 0.15) is 40.5 Å². The van der Waals surface area contributed by atoms with Gasteiger partial charge in [-0.3, -0.25) is 9.78 Å². The number of unbranched alkanes of at least 4 members (excludes halogenated alkanes) is 1. The number of rotatable bonds is 6. The van der Waals surface area contributed by atoms with Gasteiger partial charge in [0, 0.05) is 24.4 Å². The maximum absolute atomic E-state index is 12.3. The van der Waals surface area contributed by atoms with Crippen LogP contribution in [0.15, 0.2) is 23.4 Å². The minimum atomic E-state index is -3.93. The van der Waals surface area contributed by atoms with E-state index in [4.69, 9.17) is 0 Å². The van der Waals surface area contributed by atoms with Gasteiger partial charge in [0.25, 0.3) is 10.0 Å². The number of hydrogen-bond donors (Lipinski definition) is 2. The van der Waals surface area contributed by atoms with Gasteiger partial charge in [0.05, 0.1) is 5.69 Å². The van der Waals surface area contributed by atoms with E-state index in [1.54, 1.807) is 26.8 Å². The fourth-order valence-corrected chi connectivity index (χ4v) is 2.76. The van der Waals surface area contributed by atoms with Crippen LogP contribution in [0.3, 0.4) is 0 Å². The molecule has 7 heteroatoms. The van der Waals surface area contributed by atoms with Gasteiger partial charge in [0.2, 0.25) is 5.91 Å². The molecule has 0 spiro atoms. The molecule has 0 aliphatic carbocycles. The lowest BCUT2D eigenvalue weighted by Crippen LogP contribution is -2.39. The third-order valence-electron chi connectivity index (χ3n) is 2.83. The SMILES string of the molecule is CCCCNc1ccncc1S(=O)(=O)NC(=O)C(C)(C)C. The van der Waals surface area contributed by atoms with Crippen LogP contribution in [-0.2, 0) is 14.8 Å². The number of sulfonamides is 1. The molecule has 6 nitrogen and oxygen atoms in total. The van der Waals surface area contributed by atoms with Crippen molar-refractivity contribution in [3.63, 3.8) is 0 Å². The maximum Gasteiger partial charge on any atom is 0.267 e. The van der Waals surface area contributed by atoms with Crippen LogP contribution in [0, 0.1) is 5.41 Å². The van der Waals surface area contributed by atoms with Crippen LogP contribution < -0.4 is 10.0 Å². The molecule has 2 N–H and O–H groups in total. The molecular weight excluding hydrogens is 290 g/mol. The first-order valence-electron chi connectivity index (χ1n) is 6.93. The van der Waals surface area contributed by atoms with Gasteiger partial charge in [0.1, 0.15) is 4.90 Å². The van der Waals surface area contributed by atoms with Crippen LogP contribution in [0.4, 0.5) is 5.69 Å². The molecule has 118 valence electrons. The second-order valence-electron chi connectivity index (χ2n) is 5.84. The summed E-state index contributed by atoms with van der Waals surface area (Å²) in [7, 11) is -3.93. The molecule has 0 aliphatic heterocycles. The molecule has 1 aromatic rings. The Bertz CT molecular complexity index is 592. The van der Waals surface area contributed by atoms with Crippen molar-refractivity contribution in [2.24, 2.45) is 5.41 Å². The summed E-state index contributed by atoms with van der Waals surface area (Å²) in [4.78, 5) is 15.7. The van der Waals surface area contributed by atoms with Gasteiger partial charge in [-0.15, -0.1) is 0 Å². The van der Waals surface area contributed by atoms with Gasteiger partial charge in [-0.25, -0.2) is 13.1 Å². The third-order valence-corrected chi connectivity index (χ3v) is 4.19. The van der Waals surface area contributed by atoms with Crippen LogP contribution in [-0.4, -0.2) is 25.9 Å². The van der Waals surface area contributed by atoms with Gasteiger partial charge < -0.3 is 5.32 Å². The average Bonchev–Trinajstić information content (AvgIpc) is 2.38. The number of pyridine rings is 1. The lowest BCUT2D eigenvalue weighted by Gasteiger charge is -2.18. The van der Waals surface area contributed by atoms with Crippen molar-refractivity contribution in [2.45, 2.75) is 45.4 Å². The Morgan fingerprint density at radius 3 is 2.57 bits per heavy atom. The predicted molar refractivity (Wildman–Crippen MR) is 82.4 cm³/mol. The molecule has 0 radical (unpaired) electrons. The van der Waals surface area contributed by atoms with Gasteiger partial charge in [-0.1, -0.05) is 34.1 Å². The van der Waals surface area contributed by atoms with Crippen LogP contribution in [0.2, 0.25) is 0 Å². The number of aromatic nitrogens is 1. The summed E-state index contributed by atoms with van der Waals surface area (Å²) >= 11 is 0. The highest BCUT2D eigenvalue weighted by Crippen LogP contribution is 2.21. The second kappa shape index (κ2) is 6.89. The average molecular weight is 313 g/mol. The van der Waals surface area contributed by atoms with Crippen LogP contribution in [0.25, 0.3) is 0 Å². The Balaban J connectivity index is 3.00. The van der Waals surface area contributed by atoms with E-state index in [2.05, 4.69) is 21.9 Å². The van der Waals surface area contributed by atoms with E-state index in [1.165, 1.54) is 12.4 Å². The number of carbonyl (C=O) groups excluding carboxylic acids is 1. The molecule has 1 heterocycles. The highest BCUT2D eigenvalue weighted by molar-refractivity contribution is 7.90. The molecule has 0 fully saturated rings. The van der Waals surface area contributed by atoms with Gasteiger partial charge in [-0.2, -0.15) is 0 Å². The van der Waals surface area contributed by atoms with E-state index in [1.807, 2.05) is 0 Å². The molecule has 1 rings (SSSR count). The largest absolute Gasteiger partial charge is 0.384 e. The van der Waals surface area contributed by atoms with Crippen molar-refractivity contribution in [3.8, 4) is 0 Å². The summed E-state index contributed by atoms with van der Waals surface area (Å²) in [5.41, 5.74) is -0.335. The molecule has 1 amide bonds. The van der Waals surface area contributed by atoms with Gasteiger partial charge >= 0.3 is 0 Å². The van der Waals surface area contributed by atoms with E-state index in [0.717, 1.165) is 12.8 Å². The monoisotopic (exact) mass is 313 g/mol. The molecule has 1 aromatic heterocycles. The molecule has 0 aromatic carbocycles. The normalized spacial score (nSPS) is 12.0. The number of hydrogen-bond acceptors (Lipinski definition) is 5. The Morgan fingerprint density at radius 1 is 1.33 bits per heavy atom. The van der Waals surface area contributed by atoms with Crippen molar-refractivity contribution in [1.29, 1.82) is 0 Å². The van der Waals surface area contributed by atoms with Crippen LogP contribution in [0.5, 0.6) is 0 Å². The lowest BCUT2D eigenvalue weighted by molar-refractivity contribution is -0.126. The quantitative estimate of drug-likeness (QED) is 0.786. The summed E-state index contributed by atoms with van der Waals surface area (Å²) in [6.45, 7) is 7.68. The fraction of sp³-hybridized carbons (Fsp3) is 0.571. The Kier molecular flexibility index (Phi) is 5.71. The van der Waals surface area contributed by atoms with Crippen LogP contribution >= 0.6 is 0 Å². The summed E-state index contributed by atoms with van der Waals surface area (Å²) in [6.07, 6.45) is 4.68. The molecule has 0 unspecified atom stereocenters. The first kappa shape index (κ1) is 17.4. The highest BCUT2D eigenvalue weighted by atomic mass is 32.2. The Morgan fingerprint density at radius 2 is 2.00 bits per heavy atom. The molecule has 0 aliphatic rings. The Hall–Kier alpha value is -1.63. The number of nitrogens with zero attached hydrogens (tertiary/aromatic N) is 1.